The van der Waals surface area contributed by atoms with Crippen molar-refractivity contribution in [1.29, 1.82) is 0 Å². The number of ether oxygens (including phenoxy) is 2. The zero-order valence-electron chi connectivity index (χ0n) is 18.0. The molecule has 2 aromatic rings. The Morgan fingerprint density at radius 1 is 1.03 bits per heavy atom. The number of nitrogens with zero attached hydrogens (tertiary/aromatic N) is 1. The molecule has 0 saturated heterocycles. The van der Waals surface area contributed by atoms with E-state index in [0.717, 1.165) is 17.7 Å². The van der Waals surface area contributed by atoms with Gasteiger partial charge < -0.3 is 14.8 Å². The maximum absolute atomic E-state index is 13.2. The highest BCUT2D eigenvalue weighted by Gasteiger charge is 2.38. The number of carbonyl (C=O) groups is 2. The molecule has 7 heteroatoms. The zero-order valence-corrected chi connectivity index (χ0v) is 18.8. The van der Waals surface area contributed by atoms with E-state index in [1.54, 1.807) is 25.3 Å². The van der Waals surface area contributed by atoms with Crippen LogP contribution < -0.4 is 10.1 Å². The Morgan fingerprint density at radius 2 is 1.77 bits per heavy atom. The van der Waals surface area contributed by atoms with Gasteiger partial charge >= 0.3 is 0 Å². The first-order valence-corrected chi connectivity index (χ1v) is 10.7. The number of hydrogen-bond acceptors (Lipinski definition) is 5. The van der Waals surface area contributed by atoms with Crippen LogP contribution in [-0.2, 0) is 14.3 Å². The summed E-state index contributed by atoms with van der Waals surface area (Å²) in [6.07, 6.45) is 1.47. The van der Waals surface area contributed by atoms with Crippen LogP contribution >= 0.6 is 11.6 Å². The summed E-state index contributed by atoms with van der Waals surface area (Å²) in [5.41, 5.74) is 2.80. The molecule has 0 saturated carbocycles. The van der Waals surface area contributed by atoms with Crippen LogP contribution in [0.4, 0.5) is 5.69 Å². The summed E-state index contributed by atoms with van der Waals surface area (Å²) in [5.74, 6) is 0.0305. The number of methoxy groups -OCH3 is 1. The second-order valence-electron chi connectivity index (χ2n) is 7.32. The molecule has 1 heterocycles. The lowest BCUT2D eigenvalue weighted by atomic mass is 10.0. The molecule has 0 fully saturated rings. The number of imide groups is 1. The molecule has 0 aliphatic carbocycles. The molecule has 0 bridgehead atoms. The second-order valence-corrected chi connectivity index (χ2v) is 7.73. The van der Waals surface area contributed by atoms with Crippen LogP contribution in [0.2, 0.25) is 5.02 Å². The predicted octanol–water partition coefficient (Wildman–Crippen LogP) is 4.67. The van der Waals surface area contributed by atoms with Gasteiger partial charge in [-0.2, -0.15) is 0 Å². The summed E-state index contributed by atoms with van der Waals surface area (Å²) in [7, 11) is 1.59. The second kappa shape index (κ2) is 10.5. The van der Waals surface area contributed by atoms with Crippen molar-refractivity contribution in [2.45, 2.75) is 26.7 Å². The van der Waals surface area contributed by atoms with Crippen LogP contribution in [0.15, 0.2) is 48.2 Å². The number of aryl methyl sites for hydroxylation is 1. The van der Waals surface area contributed by atoms with Crippen molar-refractivity contribution >= 4 is 34.7 Å². The summed E-state index contributed by atoms with van der Waals surface area (Å²) in [6.45, 7) is 5.31. The third-order valence-corrected chi connectivity index (χ3v) is 5.36. The molecule has 2 amide bonds. The Kier molecular flexibility index (Phi) is 7.71. The zero-order chi connectivity index (χ0) is 22.4. The highest BCUT2D eigenvalue weighted by atomic mass is 35.5. The molecule has 1 N–H and O–H groups in total. The number of nitrogens with one attached hydrogen (secondary N) is 1. The minimum absolute atomic E-state index is 0.240. The van der Waals surface area contributed by atoms with Gasteiger partial charge in [-0.25, -0.2) is 0 Å². The van der Waals surface area contributed by atoms with Crippen molar-refractivity contribution in [3.8, 4) is 5.75 Å². The molecule has 31 heavy (non-hydrogen) atoms. The monoisotopic (exact) mass is 442 g/mol. The van der Waals surface area contributed by atoms with Gasteiger partial charge in [0.2, 0.25) is 0 Å². The molecule has 0 unspecified atom stereocenters. The molecular formula is C24H27ClN2O4. The number of carbonyl (C=O) groups excluding carboxylic acids is 2. The van der Waals surface area contributed by atoms with Crippen molar-refractivity contribution in [3.05, 3.63) is 64.3 Å². The third kappa shape index (κ3) is 5.27. The van der Waals surface area contributed by atoms with Gasteiger partial charge in [0.15, 0.2) is 0 Å². The Hall–Kier alpha value is -2.83. The van der Waals surface area contributed by atoms with Gasteiger partial charge in [-0.05, 0) is 55.2 Å². The molecule has 3 rings (SSSR count). The van der Waals surface area contributed by atoms with Crippen LogP contribution in [0.1, 0.15) is 30.9 Å². The van der Waals surface area contributed by atoms with Gasteiger partial charge in [0.05, 0.1) is 12.2 Å². The van der Waals surface area contributed by atoms with Gasteiger partial charge in [-0.3, -0.25) is 14.5 Å². The van der Waals surface area contributed by atoms with E-state index in [4.69, 9.17) is 21.1 Å². The summed E-state index contributed by atoms with van der Waals surface area (Å²) in [4.78, 5) is 27.6. The van der Waals surface area contributed by atoms with Gasteiger partial charge in [0.1, 0.15) is 11.4 Å². The molecule has 1 aliphatic rings. The number of anilines is 1. The van der Waals surface area contributed by atoms with E-state index >= 15 is 0 Å². The number of rotatable bonds is 10. The van der Waals surface area contributed by atoms with E-state index in [1.165, 1.54) is 4.90 Å². The average Bonchev–Trinajstić information content (AvgIpc) is 2.99. The molecule has 1 aliphatic heterocycles. The highest BCUT2D eigenvalue weighted by molar-refractivity contribution is 6.36. The number of halogens is 1. The van der Waals surface area contributed by atoms with Crippen LogP contribution in [0.5, 0.6) is 5.75 Å². The first kappa shape index (κ1) is 22.8. The molecular weight excluding hydrogens is 416 g/mol. The standard InChI is InChI=1S/C24H27ClN2O4/c1-4-13-31-19-10-7-17(8-11-19)21-22(26-18-9-6-16(2)20(25)15-18)24(29)27(23(21)28)12-5-14-30-3/h6-11,15,26H,4-5,12-14H2,1-3H3. The fourth-order valence-electron chi connectivity index (χ4n) is 3.28. The largest absolute Gasteiger partial charge is 0.494 e. The van der Waals surface area contributed by atoms with Crippen LogP contribution in [0, 0.1) is 6.92 Å². The molecule has 6 nitrogen and oxygen atoms in total. The summed E-state index contributed by atoms with van der Waals surface area (Å²) in [5, 5.41) is 3.71. The molecule has 0 aromatic heterocycles. The minimum atomic E-state index is -0.362. The van der Waals surface area contributed by atoms with E-state index in [-0.39, 0.29) is 24.1 Å². The van der Waals surface area contributed by atoms with Crippen molar-refractivity contribution in [1.82, 2.24) is 4.90 Å². The third-order valence-electron chi connectivity index (χ3n) is 4.96. The Balaban J connectivity index is 1.95. The van der Waals surface area contributed by atoms with E-state index in [2.05, 4.69) is 5.32 Å². The number of amides is 2. The van der Waals surface area contributed by atoms with E-state index in [9.17, 15) is 9.59 Å². The highest BCUT2D eigenvalue weighted by Crippen LogP contribution is 2.32. The maximum Gasteiger partial charge on any atom is 0.278 e. The molecule has 2 aromatic carbocycles. The maximum atomic E-state index is 13.2. The van der Waals surface area contributed by atoms with Crippen LogP contribution in [0.25, 0.3) is 5.57 Å². The number of hydrogen-bond donors (Lipinski definition) is 1. The fourth-order valence-corrected chi connectivity index (χ4v) is 3.46. The SMILES string of the molecule is CCCOc1ccc(C2=C(Nc3ccc(C)c(Cl)c3)C(=O)N(CCCOC)C2=O)cc1. The van der Waals surface area contributed by atoms with Gasteiger partial charge in [-0.15, -0.1) is 0 Å². The topological polar surface area (TPSA) is 67.9 Å². The molecule has 164 valence electrons. The Bertz CT molecular complexity index is 986. The molecule has 0 spiro atoms. The van der Waals surface area contributed by atoms with Gasteiger partial charge in [0.25, 0.3) is 11.8 Å². The first-order valence-electron chi connectivity index (χ1n) is 10.3. The predicted molar refractivity (Wildman–Crippen MR) is 122 cm³/mol. The van der Waals surface area contributed by atoms with Crippen LogP contribution in [-0.4, -0.2) is 43.6 Å². The minimum Gasteiger partial charge on any atom is -0.494 e. The van der Waals surface area contributed by atoms with E-state index in [1.807, 2.05) is 38.1 Å². The summed E-state index contributed by atoms with van der Waals surface area (Å²) < 4.78 is 10.7. The van der Waals surface area contributed by atoms with Gasteiger partial charge in [0, 0.05) is 31.0 Å². The molecule has 0 atom stereocenters. The van der Waals surface area contributed by atoms with E-state index in [0.29, 0.717) is 41.5 Å². The smallest absolute Gasteiger partial charge is 0.278 e. The lowest BCUT2D eigenvalue weighted by Gasteiger charge is -2.15. The Labute approximate surface area is 187 Å². The quantitative estimate of drug-likeness (QED) is 0.428. The normalized spacial score (nSPS) is 13.9. The van der Waals surface area contributed by atoms with Crippen molar-refractivity contribution in [2.24, 2.45) is 0 Å². The lowest BCUT2D eigenvalue weighted by molar-refractivity contribution is -0.136. The molecule has 0 radical (unpaired) electrons. The van der Waals surface area contributed by atoms with E-state index < -0.39 is 0 Å². The van der Waals surface area contributed by atoms with Crippen molar-refractivity contribution in [2.75, 3.05) is 32.2 Å². The van der Waals surface area contributed by atoms with Crippen LogP contribution in [0.3, 0.4) is 0 Å². The van der Waals surface area contributed by atoms with Crippen molar-refractivity contribution < 1.29 is 19.1 Å². The Morgan fingerprint density at radius 3 is 2.42 bits per heavy atom. The average molecular weight is 443 g/mol. The van der Waals surface area contributed by atoms with Gasteiger partial charge in [-0.1, -0.05) is 36.7 Å². The lowest BCUT2D eigenvalue weighted by Crippen LogP contribution is -2.33. The summed E-state index contributed by atoms with van der Waals surface area (Å²) in [6, 6.07) is 12.7. The fraction of sp³-hybridized carbons (Fsp3) is 0.333. The number of benzene rings is 2. The summed E-state index contributed by atoms with van der Waals surface area (Å²) >= 11 is 6.24. The van der Waals surface area contributed by atoms with Crippen molar-refractivity contribution in [3.63, 3.8) is 0 Å². The first-order chi connectivity index (χ1) is 15.0.